The molecular weight excluding hydrogens is 178 g/mol. The van der Waals surface area contributed by atoms with Gasteiger partial charge in [-0.3, -0.25) is 0 Å². The summed E-state index contributed by atoms with van der Waals surface area (Å²) in [5.74, 6) is 0. The van der Waals surface area contributed by atoms with Gasteiger partial charge in [-0.25, -0.2) is 13.5 Å². The highest BCUT2D eigenvalue weighted by Gasteiger charge is 2.31. The molecule has 1 aromatic heterocycles. The number of hydrogen-bond donors (Lipinski definition) is 1. The molecule has 2 N–H and O–H groups in total. The quantitative estimate of drug-likeness (QED) is 0.770. The van der Waals surface area contributed by atoms with Gasteiger partial charge in [-0.05, 0) is 12.8 Å². The Hall–Kier alpha value is -1.04. The summed E-state index contributed by atoms with van der Waals surface area (Å²) in [6.07, 6.45) is -0.714. The Morgan fingerprint density at radius 1 is 1.54 bits per heavy atom. The van der Waals surface area contributed by atoms with E-state index in [0.717, 1.165) is 12.8 Å². The molecule has 1 aliphatic carbocycles. The Kier molecular flexibility index (Phi) is 1.99. The summed E-state index contributed by atoms with van der Waals surface area (Å²) in [7, 11) is 0. The third-order valence-corrected chi connectivity index (χ3v) is 2.10. The normalized spacial score (nSPS) is 16.9. The first-order valence-electron chi connectivity index (χ1n) is 4.16. The van der Waals surface area contributed by atoms with Gasteiger partial charge >= 0.3 is 0 Å². The minimum absolute atomic E-state index is 0.0202. The number of nitrogens with two attached hydrogens (primary N) is 1. The van der Waals surface area contributed by atoms with Crippen LogP contribution in [0.15, 0.2) is 0 Å². The summed E-state index contributed by atoms with van der Waals surface area (Å²) in [5, 5.41) is 7.30. The summed E-state index contributed by atoms with van der Waals surface area (Å²) in [6.45, 7) is 0.0202. The topological polar surface area (TPSA) is 56.7 Å². The maximum absolute atomic E-state index is 12.5. The summed E-state index contributed by atoms with van der Waals surface area (Å²) in [4.78, 5) is 0. The van der Waals surface area contributed by atoms with Crippen molar-refractivity contribution in [2.45, 2.75) is 31.9 Å². The fourth-order valence-corrected chi connectivity index (χ4v) is 1.29. The first kappa shape index (κ1) is 8.55. The Bertz CT molecular complexity index is 305. The van der Waals surface area contributed by atoms with Gasteiger partial charge in [0.2, 0.25) is 0 Å². The predicted octanol–water partition coefficient (Wildman–Crippen LogP) is 1.01. The molecule has 13 heavy (non-hydrogen) atoms. The minimum Gasteiger partial charge on any atom is -0.325 e. The monoisotopic (exact) mass is 188 g/mol. The van der Waals surface area contributed by atoms with E-state index >= 15 is 0 Å². The van der Waals surface area contributed by atoms with Crippen molar-refractivity contribution in [3.8, 4) is 0 Å². The summed E-state index contributed by atoms with van der Waals surface area (Å²) in [5.41, 5.74) is 5.38. The zero-order valence-corrected chi connectivity index (χ0v) is 6.95. The van der Waals surface area contributed by atoms with Crippen LogP contribution in [-0.4, -0.2) is 15.0 Å². The highest BCUT2D eigenvalue weighted by molar-refractivity contribution is 5.13. The highest BCUT2D eigenvalue weighted by atomic mass is 19.3. The molecular formula is C7H10F2N4. The Labute approximate surface area is 73.7 Å². The molecule has 0 atom stereocenters. The van der Waals surface area contributed by atoms with E-state index in [2.05, 4.69) is 10.3 Å². The minimum atomic E-state index is -2.53. The average Bonchev–Trinajstić information content (AvgIpc) is 2.84. The number of nitrogens with zero attached hydrogens (tertiary/aromatic N) is 3. The van der Waals surface area contributed by atoms with E-state index < -0.39 is 6.43 Å². The molecule has 1 aromatic rings. The van der Waals surface area contributed by atoms with Crippen molar-refractivity contribution < 1.29 is 8.78 Å². The van der Waals surface area contributed by atoms with Gasteiger partial charge in [-0.1, -0.05) is 5.21 Å². The number of halogens is 2. The van der Waals surface area contributed by atoms with Gasteiger partial charge < -0.3 is 5.73 Å². The van der Waals surface area contributed by atoms with Crippen molar-refractivity contribution in [3.05, 3.63) is 11.4 Å². The zero-order chi connectivity index (χ0) is 9.42. The molecule has 0 amide bonds. The van der Waals surface area contributed by atoms with E-state index in [1.54, 1.807) is 0 Å². The molecule has 1 saturated carbocycles. The summed E-state index contributed by atoms with van der Waals surface area (Å²) < 4.78 is 26.4. The fourth-order valence-electron chi connectivity index (χ4n) is 1.29. The number of aromatic nitrogens is 3. The molecule has 1 heterocycles. The molecule has 72 valence electrons. The summed E-state index contributed by atoms with van der Waals surface area (Å²) in [6, 6.07) is 0.122. The lowest BCUT2D eigenvalue weighted by molar-refractivity contribution is 0.137. The smallest absolute Gasteiger partial charge is 0.281 e. The Morgan fingerprint density at radius 2 is 2.23 bits per heavy atom. The lowest BCUT2D eigenvalue weighted by Crippen LogP contribution is -2.06. The van der Waals surface area contributed by atoms with Crippen LogP contribution < -0.4 is 5.73 Å². The van der Waals surface area contributed by atoms with Gasteiger partial charge in [0.1, 0.15) is 11.4 Å². The standard InChI is InChI=1S/C7H10F2N4/c8-7(9)6-5(3-10)11-12-13(6)4-1-2-4/h4,7H,1-3,10H2. The van der Waals surface area contributed by atoms with Crippen LogP contribution in [0.1, 0.15) is 36.7 Å². The second-order valence-corrected chi connectivity index (χ2v) is 3.10. The SMILES string of the molecule is NCc1nnn(C2CC2)c1C(F)F. The van der Waals surface area contributed by atoms with Crippen LogP contribution in [0.3, 0.4) is 0 Å². The lowest BCUT2D eigenvalue weighted by atomic mass is 10.3. The molecule has 0 radical (unpaired) electrons. The molecule has 4 nitrogen and oxygen atoms in total. The number of rotatable bonds is 3. The van der Waals surface area contributed by atoms with E-state index in [-0.39, 0.29) is 24.0 Å². The molecule has 0 aromatic carbocycles. The van der Waals surface area contributed by atoms with E-state index in [0.29, 0.717) is 0 Å². The second kappa shape index (κ2) is 3.02. The Morgan fingerprint density at radius 3 is 2.69 bits per heavy atom. The lowest BCUT2D eigenvalue weighted by Gasteiger charge is -2.03. The van der Waals surface area contributed by atoms with Crippen LogP contribution in [0, 0.1) is 0 Å². The van der Waals surface area contributed by atoms with Crippen LogP contribution in [0.5, 0.6) is 0 Å². The van der Waals surface area contributed by atoms with Crippen molar-refractivity contribution in [1.29, 1.82) is 0 Å². The molecule has 0 bridgehead atoms. The largest absolute Gasteiger partial charge is 0.325 e. The van der Waals surface area contributed by atoms with Crippen molar-refractivity contribution in [3.63, 3.8) is 0 Å². The fraction of sp³-hybridized carbons (Fsp3) is 0.714. The van der Waals surface area contributed by atoms with E-state index in [9.17, 15) is 8.78 Å². The molecule has 0 unspecified atom stereocenters. The van der Waals surface area contributed by atoms with Crippen LogP contribution in [0.4, 0.5) is 8.78 Å². The van der Waals surface area contributed by atoms with E-state index in [4.69, 9.17) is 5.73 Å². The third-order valence-electron chi connectivity index (χ3n) is 2.10. The first-order valence-corrected chi connectivity index (χ1v) is 4.16. The van der Waals surface area contributed by atoms with Crippen LogP contribution in [-0.2, 0) is 6.54 Å². The maximum atomic E-state index is 12.5. The molecule has 0 aliphatic heterocycles. The average molecular weight is 188 g/mol. The molecule has 6 heteroatoms. The van der Waals surface area contributed by atoms with Gasteiger partial charge in [0.05, 0.1) is 6.04 Å². The van der Waals surface area contributed by atoms with Crippen LogP contribution in [0.25, 0.3) is 0 Å². The van der Waals surface area contributed by atoms with Gasteiger partial charge in [0.25, 0.3) is 6.43 Å². The zero-order valence-electron chi connectivity index (χ0n) is 6.95. The second-order valence-electron chi connectivity index (χ2n) is 3.10. The van der Waals surface area contributed by atoms with Crippen molar-refractivity contribution in [2.24, 2.45) is 5.73 Å². The third kappa shape index (κ3) is 1.41. The van der Waals surface area contributed by atoms with Crippen LogP contribution >= 0.6 is 0 Å². The molecule has 1 aliphatic rings. The molecule has 0 saturated heterocycles. The maximum Gasteiger partial charge on any atom is 0.281 e. The van der Waals surface area contributed by atoms with Crippen molar-refractivity contribution in [2.75, 3.05) is 0 Å². The van der Waals surface area contributed by atoms with Gasteiger partial charge in [-0.2, -0.15) is 0 Å². The first-order chi connectivity index (χ1) is 6.24. The van der Waals surface area contributed by atoms with Crippen molar-refractivity contribution >= 4 is 0 Å². The van der Waals surface area contributed by atoms with Gasteiger partial charge in [-0.15, -0.1) is 5.10 Å². The number of alkyl halides is 2. The van der Waals surface area contributed by atoms with Gasteiger partial charge in [0.15, 0.2) is 0 Å². The van der Waals surface area contributed by atoms with Gasteiger partial charge in [0, 0.05) is 6.54 Å². The molecule has 2 rings (SSSR count). The van der Waals surface area contributed by atoms with E-state index in [1.165, 1.54) is 4.68 Å². The Balaban J connectivity index is 2.38. The summed E-state index contributed by atoms with van der Waals surface area (Å²) >= 11 is 0. The molecule has 0 spiro atoms. The molecule has 1 fully saturated rings. The highest BCUT2D eigenvalue weighted by Crippen LogP contribution is 2.37. The van der Waals surface area contributed by atoms with E-state index in [1.807, 2.05) is 0 Å². The predicted molar refractivity (Wildman–Crippen MR) is 41.1 cm³/mol. The van der Waals surface area contributed by atoms with Crippen molar-refractivity contribution in [1.82, 2.24) is 15.0 Å². The number of hydrogen-bond acceptors (Lipinski definition) is 3. The van der Waals surface area contributed by atoms with Crippen LogP contribution in [0.2, 0.25) is 0 Å².